The second kappa shape index (κ2) is 7.54. The number of nitro groups is 1. The maximum atomic E-state index is 12.1. The van der Waals surface area contributed by atoms with Gasteiger partial charge in [0.2, 0.25) is 0 Å². The van der Waals surface area contributed by atoms with Crippen molar-refractivity contribution in [1.82, 2.24) is 5.06 Å². The quantitative estimate of drug-likeness (QED) is 0.240. The Hall–Kier alpha value is -2.68. The molecule has 1 heterocycles. The number of amides is 1. The van der Waals surface area contributed by atoms with Crippen LogP contribution < -0.4 is 5.73 Å². The van der Waals surface area contributed by atoms with Crippen molar-refractivity contribution in [1.29, 1.82) is 0 Å². The minimum absolute atomic E-state index is 0.0355. The summed E-state index contributed by atoms with van der Waals surface area (Å²) in [5.41, 5.74) is 5.98. The minimum Gasteiger partial charge on any atom is -0.459 e. The zero-order valence-corrected chi connectivity index (χ0v) is 12.3. The van der Waals surface area contributed by atoms with E-state index >= 15 is 0 Å². The summed E-state index contributed by atoms with van der Waals surface area (Å²) in [7, 11) is 0. The van der Waals surface area contributed by atoms with Crippen LogP contribution in [0.2, 0.25) is 0 Å². The van der Waals surface area contributed by atoms with Crippen LogP contribution in [-0.2, 0) is 21.0 Å². The number of hydroxylamine groups is 2. The van der Waals surface area contributed by atoms with Crippen molar-refractivity contribution in [2.45, 2.75) is 31.9 Å². The third-order valence-corrected chi connectivity index (χ3v) is 3.34. The highest BCUT2D eigenvalue weighted by Crippen LogP contribution is 2.23. The summed E-state index contributed by atoms with van der Waals surface area (Å²) in [5.74, 6) is -0.578. The molecule has 9 nitrogen and oxygen atoms in total. The monoisotopic (exact) mass is 323 g/mol. The number of hydrogen-bond acceptors (Lipinski definition) is 7. The number of rotatable bonds is 9. The predicted molar refractivity (Wildman–Crippen MR) is 77.9 cm³/mol. The molecule has 1 aromatic carbocycles. The highest BCUT2D eigenvalue weighted by molar-refractivity contribution is 5.85. The number of nitrogens with zero attached hydrogens (tertiary/aromatic N) is 2. The SMILES string of the molecule is NCCCC[C@@H](C(=O)OCc1ccc([N+](=O)[O-])cc1)N1OC1=O. The number of esters is 1. The van der Waals surface area contributed by atoms with Crippen LogP contribution >= 0.6 is 0 Å². The Balaban J connectivity index is 1.87. The van der Waals surface area contributed by atoms with E-state index < -0.39 is 23.0 Å². The average molecular weight is 323 g/mol. The van der Waals surface area contributed by atoms with Gasteiger partial charge in [-0.15, -0.1) is 5.06 Å². The third kappa shape index (κ3) is 4.65. The largest absolute Gasteiger partial charge is 0.468 e. The fourth-order valence-electron chi connectivity index (χ4n) is 2.03. The van der Waals surface area contributed by atoms with Crippen molar-refractivity contribution in [2.24, 2.45) is 5.73 Å². The normalized spacial score (nSPS) is 14.1. The molecule has 1 fully saturated rings. The number of carbonyl (C=O) groups is 2. The van der Waals surface area contributed by atoms with Gasteiger partial charge in [0, 0.05) is 12.1 Å². The summed E-state index contributed by atoms with van der Waals surface area (Å²) in [6.07, 6.45) is 1.24. The first-order chi connectivity index (χ1) is 11.0. The molecule has 0 saturated carbocycles. The van der Waals surface area contributed by atoms with Gasteiger partial charge in [0.25, 0.3) is 5.69 Å². The molecule has 0 radical (unpaired) electrons. The summed E-state index contributed by atoms with van der Waals surface area (Å²) < 4.78 is 5.16. The fourth-order valence-corrected chi connectivity index (χ4v) is 2.03. The lowest BCUT2D eigenvalue weighted by atomic mass is 10.1. The Bertz CT molecular complexity index is 589. The molecule has 1 saturated heterocycles. The van der Waals surface area contributed by atoms with E-state index in [4.69, 9.17) is 10.5 Å². The Kier molecular flexibility index (Phi) is 5.47. The van der Waals surface area contributed by atoms with Crippen molar-refractivity contribution >= 4 is 17.7 Å². The molecule has 0 aliphatic carbocycles. The lowest BCUT2D eigenvalue weighted by molar-refractivity contribution is -0.384. The van der Waals surface area contributed by atoms with Crippen molar-refractivity contribution in [3.05, 3.63) is 39.9 Å². The van der Waals surface area contributed by atoms with Gasteiger partial charge in [0.05, 0.1) is 4.92 Å². The molecular formula is C14H17N3O6. The summed E-state index contributed by atoms with van der Waals surface area (Å²) in [4.78, 5) is 37.8. The summed E-state index contributed by atoms with van der Waals surface area (Å²) in [6, 6.07) is 4.90. The van der Waals surface area contributed by atoms with Crippen LogP contribution in [0.3, 0.4) is 0 Å². The van der Waals surface area contributed by atoms with Crippen molar-refractivity contribution in [2.75, 3.05) is 6.54 Å². The Labute approximate surface area is 132 Å². The topological polar surface area (TPSA) is 128 Å². The van der Waals surface area contributed by atoms with Crippen molar-refractivity contribution < 1.29 is 24.1 Å². The van der Waals surface area contributed by atoms with Gasteiger partial charge in [-0.05, 0) is 43.5 Å². The smallest absolute Gasteiger partial charge is 0.459 e. The molecule has 2 N–H and O–H groups in total. The van der Waals surface area contributed by atoms with Crippen LogP contribution in [0.5, 0.6) is 0 Å². The lowest BCUT2D eigenvalue weighted by Crippen LogP contribution is -2.31. The van der Waals surface area contributed by atoms with Crippen LogP contribution in [0.1, 0.15) is 24.8 Å². The summed E-state index contributed by atoms with van der Waals surface area (Å²) >= 11 is 0. The lowest BCUT2D eigenvalue weighted by Gasteiger charge is -2.13. The minimum atomic E-state index is -0.785. The molecule has 1 atom stereocenters. The van der Waals surface area contributed by atoms with E-state index in [1.807, 2.05) is 0 Å². The second-order valence-electron chi connectivity index (χ2n) is 5.01. The van der Waals surface area contributed by atoms with Crippen LogP contribution in [0.25, 0.3) is 0 Å². The maximum Gasteiger partial charge on any atom is 0.468 e. The number of hydrogen-bond donors (Lipinski definition) is 1. The van der Waals surface area contributed by atoms with Gasteiger partial charge in [-0.1, -0.05) is 0 Å². The van der Waals surface area contributed by atoms with Gasteiger partial charge in [0.1, 0.15) is 6.61 Å². The number of nitrogens with two attached hydrogens (primary N) is 1. The summed E-state index contributed by atoms with van der Waals surface area (Å²) in [6.45, 7) is 0.464. The third-order valence-electron chi connectivity index (χ3n) is 3.34. The Morgan fingerprint density at radius 2 is 2.00 bits per heavy atom. The molecule has 1 aliphatic rings. The first-order valence-corrected chi connectivity index (χ1v) is 7.14. The van der Waals surface area contributed by atoms with Crippen molar-refractivity contribution in [3.8, 4) is 0 Å². The number of ether oxygens (including phenoxy) is 1. The zero-order chi connectivity index (χ0) is 16.8. The van der Waals surface area contributed by atoms with E-state index in [1.165, 1.54) is 24.3 Å². The molecule has 2 rings (SSSR count). The number of carbonyl (C=O) groups excluding carboxylic acids is 2. The predicted octanol–water partition coefficient (Wildman–Crippen LogP) is 1.50. The first-order valence-electron chi connectivity index (χ1n) is 7.14. The van der Waals surface area contributed by atoms with Gasteiger partial charge in [-0.3, -0.25) is 10.1 Å². The molecular weight excluding hydrogens is 306 g/mol. The van der Waals surface area contributed by atoms with Crippen LogP contribution in [0.4, 0.5) is 10.5 Å². The number of unbranched alkanes of at least 4 members (excludes halogenated alkanes) is 1. The fraction of sp³-hybridized carbons (Fsp3) is 0.429. The highest BCUT2D eigenvalue weighted by atomic mass is 16.9. The molecule has 9 heteroatoms. The van der Waals surface area contributed by atoms with Gasteiger partial charge in [0.15, 0.2) is 6.04 Å². The first kappa shape index (κ1) is 16.7. The zero-order valence-electron chi connectivity index (χ0n) is 12.3. The van der Waals surface area contributed by atoms with Crippen LogP contribution in [0.15, 0.2) is 24.3 Å². The molecule has 1 aliphatic heterocycles. The maximum absolute atomic E-state index is 12.1. The Morgan fingerprint density at radius 1 is 1.35 bits per heavy atom. The number of nitro benzene ring substituents is 1. The number of benzene rings is 1. The van der Waals surface area contributed by atoms with E-state index in [0.29, 0.717) is 24.9 Å². The average Bonchev–Trinajstić information content (AvgIpc) is 3.26. The molecule has 124 valence electrons. The second-order valence-corrected chi connectivity index (χ2v) is 5.01. The van der Waals surface area contributed by atoms with Crippen LogP contribution in [0, 0.1) is 10.1 Å². The molecule has 23 heavy (non-hydrogen) atoms. The molecule has 1 amide bonds. The van der Waals surface area contributed by atoms with E-state index in [-0.39, 0.29) is 12.3 Å². The molecule has 0 bridgehead atoms. The highest BCUT2D eigenvalue weighted by Gasteiger charge is 2.45. The van der Waals surface area contributed by atoms with E-state index in [9.17, 15) is 19.7 Å². The van der Waals surface area contributed by atoms with E-state index in [2.05, 4.69) is 4.84 Å². The van der Waals surface area contributed by atoms with Crippen molar-refractivity contribution in [3.63, 3.8) is 0 Å². The summed E-state index contributed by atoms with van der Waals surface area (Å²) in [5, 5.41) is 11.5. The van der Waals surface area contributed by atoms with Gasteiger partial charge in [-0.2, -0.15) is 0 Å². The Morgan fingerprint density at radius 3 is 2.52 bits per heavy atom. The molecule has 0 unspecified atom stereocenters. The standard InChI is InChI=1S/C14H17N3O6/c15-8-2-1-3-12(16-14(19)23-16)13(18)22-9-10-4-6-11(7-5-10)17(20)21/h4-7,12H,1-3,8-9,15H2/t12-,16?/m0/s1. The van der Waals surface area contributed by atoms with Crippen LogP contribution in [-0.4, -0.2) is 34.6 Å². The molecule has 1 aromatic rings. The van der Waals surface area contributed by atoms with E-state index in [1.54, 1.807) is 0 Å². The molecule has 0 spiro atoms. The van der Waals surface area contributed by atoms with E-state index in [0.717, 1.165) is 11.5 Å². The van der Waals surface area contributed by atoms with Gasteiger partial charge < -0.3 is 15.3 Å². The molecule has 0 aromatic heterocycles. The van der Waals surface area contributed by atoms with Gasteiger partial charge in [-0.25, -0.2) is 9.59 Å². The number of non-ortho nitro benzene ring substituents is 1. The van der Waals surface area contributed by atoms with Gasteiger partial charge >= 0.3 is 12.1 Å².